The lowest BCUT2D eigenvalue weighted by molar-refractivity contribution is 0.0864. The zero-order chi connectivity index (χ0) is 17.0. The first kappa shape index (κ1) is 17.5. The highest BCUT2D eigenvalue weighted by atomic mass is 16.5. The van der Waals surface area contributed by atoms with E-state index in [-0.39, 0.29) is 6.10 Å². The van der Waals surface area contributed by atoms with Crippen molar-refractivity contribution in [2.75, 3.05) is 13.7 Å². The zero-order valence-corrected chi connectivity index (χ0v) is 15.1. The molecule has 23 heavy (non-hydrogen) atoms. The highest BCUT2D eigenvalue weighted by molar-refractivity contribution is 5.89. The summed E-state index contributed by atoms with van der Waals surface area (Å²) in [7, 11) is 1.71. The quantitative estimate of drug-likeness (QED) is 0.767. The first-order valence-electron chi connectivity index (χ1n) is 8.37. The number of rotatable bonds is 2. The van der Waals surface area contributed by atoms with Crippen molar-refractivity contribution < 1.29 is 9.47 Å². The summed E-state index contributed by atoms with van der Waals surface area (Å²) in [6, 6.07) is 8.42. The number of aryl methyl sites for hydroxylation is 1. The van der Waals surface area contributed by atoms with E-state index in [0.717, 1.165) is 35.4 Å². The highest BCUT2D eigenvalue weighted by Gasteiger charge is 2.18. The maximum absolute atomic E-state index is 5.69. The molecular weight excluding hydrogens is 286 g/mol. The Hall–Kier alpha value is -1.87. The molecule has 0 saturated heterocycles. The van der Waals surface area contributed by atoms with Gasteiger partial charge in [-0.2, -0.15) is 0 Å². The smallest absolute Gasteiger partial charge is 0.130 e. The van der Waals surface area contributed by atoms with Crippen LogP contribution in [-0.4, -0.2) is 24.8 Å². The lowest BCUT2D eigenvalue weighted by Gasteiger charge is -2.25. The van der Waals surface area contributed by atoms with Crippen LogP contribution in [-0.2, 0) is 4.74 Å². The number of hydrogen-bond acceptors (Lipinski definition) is 3. The van der Waals surface area contributed by atoms with Gasteiger partial charge >= 0.3 is 0 Å². The van der Waals surface area contributed by atoms with Gasteiger partial charge in [-0.3, -0.25) is 4.98 Å². The van der Waals surface area contributed by atoms with E-state index in [0.29, 0.717) is 0 Å². The standard InChI is InChI=1S/C18H21NO2.C2H6/c1-11-9-18(20-4)16-10-14(5-6-17(16)19-11)15-7-8-21-13(3)12(15)2;1-2/h5-6,9-10,13H,7-8H2,1-4H3;1-2H3. The Balaban J connectivity index is 0.000000924. The van der Waals surface area contributed by atoms with E-state index in [1.165, 1.54) is 16.7 Å². The number of ether oxygens (including phenoxy) is 2. The number of nitrogens with zero attached hydrogens (tertiary/aromatic N) is 1. The summed E-state index contributed by atoms with van der Waals surface area (Å²) >= 11 is 0. The summed E-state index contributed by atoms with van der Waals surface area (Å²) in [6.45, 7) is 11.0. The molecule has 1 aliphatic heterocycles. The van der Waals surface area contributed by atoms with Crippen molar-refractivity contribution in [1.82, 2.24) is 4.98 Å². The molecule has 2 aromatic rings. The lowest BCUT2D eigenvalue weighted by Crippen LogP contribution is -2.18. The van der Waals surface area contributed by atoms with Gasteiger partial charge in [0.05, 0.1) is 25.3 Å². The minimum atomic E-state index is 0.197. The number of pyridine rings is 1. The fourth-order valence-electron chi connectivity index (χ4n) is 2.95. The molecule has 0 radical (unpaired) electrons. The molecule has 3 rings (SSSR count). The first-order chi connectivity index (χ1) is 11.1. The molecule has 0 saturated carbocycles. The van der Waals surface area contributed by atoms with Crippen molar-refractivity contribution in [2.45, 2.75) is 47.1 Å². The normalized spacial score (nSPS) is 17.7. The first-order valence-corrected chi connectivity index (χ1v) is 8.37. The van der Waals surface area contributed by atoms with Crippen LogP contribution in [0.25, 0.3) is 16.5 Å². The van der Waals surface area contributed by atoms with Gasteiger partial charge in [-0.25, -0.2) is 0 Å². The zero-order valence-electron chi connectivity index (χ0n) is 15.1. The molecule has 3 heteroatoms. The van der Waals surface area contributed by atoms with Gasteiger partial charge in [0, 0.05) is 17.1 Å². The third-order valence-electron chi connectivity index (χ3n) is 4.27. The largest absolute Gasteiger partial charge is 0.496 e. The van der Waals surface area contributed by atoms with Crippen LogP contribution in [0.4, 0.5) is 0 Å². The second-order valence-electron chi connectivity index (χ2n) is 5.62. The van der Waals surface area contributed by atoms with Gasteiger partial charge in [0.15, 0.2) is 0 Å². The van der Waals surface area contributed by atoms with Gasteiger partial charge in [-0.1, -0.05) is 19.9 Å². The third kappa shape index (κ3) is 3.56. The van der Waals surface area contributed by atoms with E-state index in [1.54, 1.807) is 7.11 Å². The molecule has 0 spiro atoms. The molecule has 2 heterocycles. The van der Waals surface area contributed by atoms with Crippen LogP contribution in [0.1, 0.15) is 45.4 Å². The van der Waals surface area contributed by atoms with Crippen LogP contribution < -0.4 is 4.74 Å². The molecule has 124 valence electrons. The molecule has 1 unspecified atom stereocenters. The summed E-state index contributed by atoms with van der Waals surface area (Å²) < 4.78 is 11.2. The Morgan fingerprint density at radius 2 is 1.91 bits per heavy atom. The molecule has 0 aliphatic carbocycles. The third-order valence-corrected chi connectivity index (χ3v) is 4.27. The predicted molar refractivity (Wildman–Crippen MR) is 97.0 cm³/mol. The van der Waals surface area contributed by atoms with Crippen molar-refractivity contribution in [1.29, 1.82) is 0 Å². The average Bonchev–Trinajstić information content (AvgIpc) is 2.58. The van der Waals surface area contributed by atoms with Gasteiger partial charge < -0.3 is 9.47 Å². The molecular formula is C20H27NO2. The second kappa shape index (κ2) is 7.60. The van der Waals surface area contributed by atoms with Crippen molar-refractivity contribution >= 4 is 16.5 Å². The summed E-state index contributed by atoms with van der Waals surface area (Å²) in [5, 5.41) is 1.07. The Bertz CT molecular complexity index is 719. The summed E-state index contributed by atoms with van der Waals surface area (Å²) in [5.41, 5.74) is 5.91. The SMILES string of the molecule is CC.COc1cc(C)nc2ccc(C3=C(C)C(C)OCC3)cc12. The Morgan fingerprint density at radius 1 is 1.17 bits per heavy atom. The van der Waals surface area contributed by atoms with Gasteiger partial charge in [0.25, 0.3) is 0 Å². The number of aromatic nitrogens is 1. The van der Waals surface area contributed by atoms with Gasteiger partial charge in [-0.05, 0) is 56.0 Å². The number of benzene rings is 1. The number of methoxy groups -OCH3 is 1. The van der Waals surface area contributed by atoms with Crippen LogP contribution in [0.3, 0.4) is 0 Å². The monoisotopic (exact) mass is 313 g/mol. The topological polar surface area (TPSA) is 31.4 Å². The van der Waals surface area contributed by atoms with E-state index in [2.05, 4.69) is 37.0 Å². The molecule has 0 amide bonds. The van der Waals surface area contributed by atoms with Crippen molar-refractivity contribution in [3.63, 3.8) is 0 Å². The molecule has 1 aromatic heterocycles. The Labute approximate surface area is 139 Å². The Kier molecular flexibility index (Phi) is 5.78. The molecule has 1 aromatic carbocycles. The van der Waals surface area contributed by atoms with Crippen molar-refractivity contribution in [3.05, 3.63) is 41.1 Å². The van der Waals surface area contributed by atoms with Crippen LogP contribution >= 0.6 is 0 Å². The molecule has 1 atom stereocenters. The maximum atomic E-state index is 5.69. The second-order valence-corrected chi connectivity index (χ2v) is 5.62. The van der Waals surface area contributed by atoms with E-state index in [1.807, 2.05) is 26.8 Å². The van der Waals surface area contributed by atoms with Crippen molar-refractivity contribution in [2.24, 2.45) is 0 Å². The number of fused-ring (bicyclic) bond motifs is 1. The minimum absolute atomic E-state index is 0.197. The average molecular weight is 313 g/mol. The van der Waals surface area contributed by atoms with Crippen LogP contribution in [0.5, 0.6) is 5.75 Å². The van der Waals surface area contributed by atoms with E-state index >= 15 is 0 Å². The number of hydrogen-bond donors (Lipinski definition) is 0. The minimum Gasteiger partial charge on any atom is -0.496 e. The summed E-state index contributed by atoms with van der Waals surface area (Å²) in [5.74, 6) is 0.887. The summed E-state index contributed by atoms with van der Waals surface area (Å²) in [4.78, 5) is 4.58. The maximum Gasteiger partial charge on any atom is 0.130 e. The molecule has 0 N–H and O–H groups in total. The van der Waals surface area contributed by atoms with E-state index in [9.17, 15) is 0 Å². The van der Waals surface area contributed by atoms with E-state index < -0.39 is 0 Å². The Morgan fingerprint density at radius 3 is 2.61 bits per heavy atom. The fourth-order valence-corrected chi connectivity index (χ4v) is 2.95. The predicted octanol–water partition coefficient (Wildman–Crippen LogP) is 5.16. The van der Waals surface area contributed by atoms with E-state index in [4.69, 9.17) is 9.47 Å². The molecule has 1 aliphatic rings. The molecule has 3 nitrogen and oxygen atoms in total. The summed E-state index contributed by atoms with van der Waals surface area (Å²) in [6.07, 6.45) is 1.16. The lowest BCUT2D eigenvalue weighted by atomic mass is 9.92. The fraction of sp³-hybridized carbons (Fsp3) is 0.450. The van der Waals surface area contributed by atoms with Crippen LogP contribution in [0.2, 0.25) is 0 Å². The van der Waals surface area contributed by atoms with Crippen LogP contribution in [0.15, 0.2) is 29.8 Å². The van der Waals surface area contributed by atoms with Crippen LogP contribution in [0, 0.1) is 6.92 Å². The molecule has 0 bridgehead atoms. The van der Waals surface area contributed by atoms with Crippen molar-refractivity contribution in [3.8, 4) is 5.75 Å². The highest BCUT2D eigenvalue weighted by Crippen LogP contribution is 2.33. The van der Waals surface area contributed by atoms with Gasteiger partial charge in [-0.15, -0.1) is 0 Å². The van der Waals surface area contributed by atoms with Gasteiger partial charge in [0.2, 0.25) is 0 Å². The molecule has 0 fully saturated rings. The van der Waals surface area contributed by atoms with Gasteiger partial charge in [0.1, 0.15) is 5.75 Å².